The lowest BCUT2D eigenvalue weighted by Crippen LogP contribution is -2.50. The average Bonchev–Trinajstić information content (AvgIpc) is 2.67. The van der Waals surface area contributed by atoms with Crippen molar-refractivity contribution in [3.05, 3.63) is 65.2 Å². The lowest BCUT2D eigenvalue weighted by atomic mass is 10.1. The van der Waals surface area contributed by atoms with Crippen molar-refractivity contribution < 1.29 is 13.2 Å². The van der Waals surface area contributed by atoms with Crippen LogP contribution in [-0.2, 0) is 10.0 Å². The molecule has 1 heterocycles. The normalized spacial score (nSPS) is 15.5. The van der Waals surface area contributed by atoms with Gasteiger partial charge in [-0.05, 0) is 31.2 Å². The summed E-state index contributed by atoms with van der Waals surface area (Å²) < 4.78 is 27.0. The van der Waals surface area contributed by atoms with Gasteiger partial charge >= 0.3 is 0 Å². The Hall–Kier alpha value is -2.69. The minimum absolute atomic E-state index is 0.0148. The molecule has 26 heavy (non-hydrogen) atoms. The van der Waals surface area contributed by atoms with E-state index in [1.54, 1.807) is 23.1 Å². The van der Waals surface area contributed by atoms with E-state index < -0.39 is 10.0 Å². The number of nitriles is 1. The highest BCUT2D eigenvalue weighted by Crippen LogP contribution is 2.21. The van der Waals surface area contributed by atoms with Crippen molar-refractivity contribution in [2.24, 2.45) is 0 Å². The number of hydrogen-bond acceptors (Lipinski definition) is 4. The van der Waals surface area contributed by atoms with Crippen molar-refractivity contribution in [1.82, 2.24) is 9.21 Å². The minimum atomic E-state index is -3.75. The van der Waals surface area contributed by atoms with Gasteiger partial charge in [0, 0.05) is 31.7 Å². The fourth-order valence-corrected chi connectivity index (χ4v) is 4.58. The molecule has 134 valence electrons. The summed E-state index contributed by atoms with van der Waals surface area (Å²) in [5.74, 6) is -0.0943. The number of rotatable bonds is 3. The van der Waals surface area contributed by atoms with E-state index in [9.17, 15) is 13.2 Å². The first-order chi connectivity index (χ1) is 12.4. The van der Waals surface area contributed by atoms with Crippen LogP contribution in [0.2, 0.25) is 0 Å². The summed E-state index contributed by atoms with van der Waals surface area (Å²) in [6.07, 6.45) is 0. The molecule has 0 aliphatic carbocycles. The van der Waals surface area contributed by atoms with E-state index in [-0.39, 0.29) is 29.5 Å². The maximum Gasteiger partial charge on any atom is 0.253 e. The summed E-state index contributed by atoms with van der Waals surface area (Å²) in [5.41, 5.74) is 1.74. The Morgan fingerprint density at radius 3 is 2.38 bits per heavy atom. The van der Waals surface area contributed by atoms with Crippen molar-refractivity contribution in [1.29, 1.82) is 5.26 Å². The molecule has 1 saturated heterocycles. The summed E-state index contributed by atoms with van der Waals surface area (Å²) >= 11 is 0. The highest BCUT2D eigenvalue weighted by molar-refractivity contribution is 7.89. The number of amides is 1. The van der Waals surface area contributed by atoms with Crippen molar-refractivity contribution in [3.63, 3.8) is 0 Å². The number of benzene rings is 2. The SMILES string of the molecule is Cc1cccc(C(=O)N2CCN(S(=O)(=O)c3ccccc3C#N)CC2)c1. The summed E-state index contributed by atoms with van der Waals surface area (Å²) in [4.78, 5) is 14.3. The lowest BCUT2D eigenvalue weighted by molar-refractivity contribution is 0.0698. The van der Waals surface area contributed by atoms with Crippen LogP contribution in [0.25, 0.3) is 0 Å². The van der Waals surface area contributed by atoms with E-state index in [0.29, 0.717) is 18.7 Å². The molecule has 7 heteroatoms. The molecular formula is C19H19N3O3S. The van der Waals surface area contributed by atoms with Gasteiger partial charge in [0.25, 0.3) is 5.91 Å². The zero-order chi connectivity index (χ0) is 18.7. The number of carbonyl (C=O) groups is 1. The first kappa shape index (κ1) is 18.1. The number of nitrogens with zero attached hydrogens (tertiary/aromatic N) is 3. The van der Waals surface area contributed by atoms with Crippen LogP contribution in [0.3, 0.4) is 0 Å². The summed E-state index contributed by atoms with van der Waals surface area (Å²) in [6.45, 7) is 2.98. The maximum absolute atomic E-state index is 12.8. The third-order valence-corrected chi connectivity index (χ3v) is 6.37. The smallest absolute Gasteiger partial charge is 0.253 e. The van der Waals surface area contributed by atoms with Gasteiger partial charge in [-0.1, -0.05) is 29.8 Å². The molecule has 1 aliphatic heterocycles. The third-order valence-electron chi connectivity index (χ3n) is 4.42. The van der Waals surface area contributed by atoms with Crippen LogP contribution in [0.1, 0.15) is 21.5 Å². The summed E-state index contributed by atoms with van der Waals surface area (Å²) in [5, 5.41) is 9.16. The quantitative estimate of drug-likeness (QED) is 0.829. The van der Waals surface area contributed by atoms with Gasteiger partial charge in [-0.25, -0.2) is 8.42 Å². The standard InChI is InChI=1S/C19H19N3O3S/c1-15-5-4-7-16(13-15)19(23)21-9-11-22(12-10-21)26(24,25)18-8-3-2-6-17(18)14-20/h2-8,13H,9-12H2,1H3. The van der Waals surface area contributed by atoms with Crippen LogP contribution >= 0.6 is 0 Å². The molecule has 0 spiro atoms. The summed E-state index contributed by atoms with van der Waals surface area (Å²) in [7, 11) is -3.75. The van der Waals surface area contributed by atoms with Crippen molar-refractivity contribution in [2.75, 3.05) is 26.2 Å². The molecule has 0 saturated carbocycles. The van der Waals surface area contributed by atoms with Crippen LogP contribution in [0.5, 0.6) is 0 Å². The molecule has 2 aromatic rings. The molecular weight excluding hydrogens is 350 g/mol. The molecule has 0 aromatic heterocycles. The van der Waals surface area contributed by atoms with Gasteiger partial charge in [-0.15, -0.1) is 0 Å². The van der Waals surface area contributed by atoms with E-state index >= 15 is 0 Å². The Morgan fingerprint density at radius 1 is 1.04 bits per heavy atom. The average molecular weight is 369 g/mol. The number of carbonyl (C=O) groups excluding carboxylic acids is 1. The topological polar surface area (TPSA) is 81.5 Å². The van der Waals surface area contributed by atoms with Crippen molar-refractivity contribution >= 4 is 15.9 Å². The molecule has 6 nitrogen and oxygen atoms in total. The van der Waals surface area contributed by atoms with Crippen molar-refractivity contribution in [2.45, 2.75) is 11.8 Å². The zero-order valence-electron chi connectivity index (χ0n) is 14.4. The van der Waals surface area contributed by atoms with Gasteiger partial charge in [0.1, 0.15) is 6.07 Å². The number of aryl methyl sites for hydroxylation is 1. The monoisotopic (exact) mass is 369 g/mol. The lowest BCUT2D eigenvalue weighted by Gasteiger charge is -2.34. The van der Waals surface area contributed by atoms with Crippen LogP contribution in [0.4, 0.5) is 0 Å². The van der Waals surface area contributed by atoms with E-state index in [1.807, 2.05) is 31.2 Å². The molecule has 0 unspecified atom stereocenters. The highest BCUT2D eigenvalue weighted by atomic mass is 32.2. The molecule has 3 rings (SSSR count). The Balaban J connectivity index is 1.74. The molecule has 1 amide bonds. The maximum atomic E-state index is 12.8. The van der Waals surface area contributed by atoms with E-state index in [4.69, 9.17) is 5.26 Å². The zero-order valence-corrected chi connectivity index (χ0v) is 15.2. The molecule has 0 N–H and O–H groups in total. The first-order valence-electron chi connectivity index (χ1n) is 8.28. The summed E-state index contributed by atoms with van der Waals surface area (Å²) in [6, 6.07) is 15.4. The van der Waals surface area contributed by atoms with Gasteiger partial charge in [0.15, 0.2) is 0 Å². The van der Waals surface area contributed by atoms with Crippen LogP contribution in [-0.4, -0.2) is 49.7 Å². The fourth-order valence-electron chi connectivity index (χ4n) is 3.02. The van der Waals surface area contributed by atoms with E-state index in [0.717, 1.165) is 5.56 Å². The van der Waals surface area contributed by atoms with Gasteiger partial charge in [-0.2, -0.15) is 9.57 Å². The van der Waals surface area contributed by atoms with Gasteiger partial charge in [-0.3, -0.25) is 4.79 Å². The molecule has 2 aromatic carbocycles. The van der Waals surface area contributed by atoms with Crippen LogP contribution in [0.15, 0.2) is 53.4 Å². The fraction of sp³-hybridized carbons (Fsp3) is 0.263. The third kappa shape index (κ3) is 3.47. The van der Waals surface area contributed by atoms with Gasteiger partial charge in [0.2, 0.25) is 10.0 Å². The number of piperazine rings is 1. The Labute approximate surface area is 153 Å². The predicted octanol–water partition coefficient (Wildman–Crippen LogP) is 2.01. The van der Waals surface area contributed by atoms with Crippen LogP contribution < -0.4 is 0 Å². The largest absolute Gasteiger partial charge is 0.336 e. The Kier molecular flexibility index (Phi) is 5.07. The minimum Gasteiger partial charge on any atom is -0.336 e. The second kappa shape index (κ2) is 7.28. The van der Waals surface area contributed by atoms with Gasteiger partial charge in [0.05, 0.1) is 10.5 Å². The Bertz CT molecular complexity index is 972. The predicted molar refractivity (Wildman–Crippen MR) is 97.0 cm³/mol. The molecule has 1 aliphatic rings. The molecule has 0 bridgehead atoms. The second-order valence-corrected chi connectivity index (χ2v) is 8.08. The molecule has 0 radical (unpaired) electrons. The van der Waals surface area contributed by atoms with E-state index in [2.05, 4.69) is 0 Å². The highest BCUT2D eigenvalue weighted by Gasteiger charge is 2.31. The van der Waals surface area contributed by atoms with Crippen molar-refractivity contribution in [3.8, 4) is 6.07 Å². The van der Waals surface area contributed by atoms with E-state index in [1.165, 1.54) is 16.4 Å². The second-order valence-electron chi connectivity index (χ2n) is 6.17. The Morgan fingerprint density at radius 2 is 1.73 bits per heavy atom. The first-order valence-corrected chi connectivity index (χ1v) is 9.73. The van der Waals surface area contributed by atoms with Crippen LogP contribution in [0, 0.1) is 18.3 Å². The molecule has 0 atom stereocenters. The number of hydrogen-bond donors (Lipinski definition) is 0. The van der Waals surface area contributed by atoms with Gasteiger partial charge < -0.3 is 4.90 Å². The number of sulfonamides is 1. The molecule has 1 fully saturated rings.